The van der Waals surface area contributed by atoms with E-state index < -0.39 is 10.0 Å². The summed E-state index contributed by atoms with van der Waals surface area (Å²) in [6.45, 7) is 2.64. The van der Waals surface area contributed by atoms with E-state index in [1.807, 2.05) is 91.0 Å². The molecule has 5 rings (SSSR count). The molecule has 5 aromatic rings. The Bertz CT molecular complexity index is 1830. The number of benzene rings is 5. The lowest BCUT2D eigenvalue weighted by Gasteiger charge is -2.23. The topological polar surface area (TPSA) is 102 Å². The van der Waals surface area contributed by atoms with E-state index in [9.17, 15) is 13.2 Å². The van der Waals surface area contributed by atoms with E-state index in [0.29, 0.717) is 18.7 Å². The first-order valence-corrected chi connectivity index (χ1v) is 17.4. The van der Waals surface area contributed by atoms with Crippen LogP contribution in [0.4, 0.5) is 0 Å². The third kappa shape index (κ3) is 9.31. The summed E-state index contributed by atoms with van der Waals surface area (Å²) >= 11 is 1.80. The molecule has 0 aromatic heterocycles. The van der Waals surface area contributed by atoms with Gasteiger partial charge in [0.05, 0.1) is 12.0 Å². The maximum Gasteiger partial charge on any atom is 0.251 e. The van der Waals surface area contributed by atoms with Gasteiger partial charge < -0.3 is 10.1 Å². The number of nitrogens with one attached hydrogen (secondary N) is 1. The minimum Gasteiger partial charge on any atom is -0.496 e. The van der Waals surface area contributed by atoms with Crippen molar-refractivity contribution in [3.05, 3.63) is 150 Å². The average Bonchev–Trinajstić information content (AvgIpc) is 3.08. The lowest BCUT2D eigenvalue weighted by molar-refractivity contribution is 0.0951. The zero-order valence-corrected chi connectivity index (χ0v) is 27.3. The molecule has 0 atom stereocenters. The molecule has 5 aromatic carbocycles. The van der Waals surface area contributed by atoms with Crippen molar-refractivity contribution in [2.75, 3.05) is 19.4 Å². The minimum absolute atomic E-state index is 0.106. The predicted molar refractivity (Wildman–Crippen MR) is 185 cm³/mol. The predicted octanol–water partition coefficient (Wildman–Crippen LogP) is 6.73. The monoisotopic (exact) mass is 651 g/mol. The Kier molecular flexibility index (Phi) is 11.3. The van der Waals surface area contributed by atoms with Crippen molar-refractivity contribution >= 4 is 27.7 Å². The van der Waals surface area contributed by atoms with Gasteiger partial charge in [-0.15, -0.1) is 11.8 Å². The lowest BCUT2D eigenvalue weighted by atomic mass is 10.0. The fourth-order valence-corrected chi connectivity index (χ4v) is 6.51. The van der Waals surface area contributed by atoms with Crippen LogP contribution in [0.5, 0.6) is 5.75 Å². The zero-order valence-electron chi connectivity index (χ0n) is 25.6. The minimum atomic E-state index is -3.73. The van der Waals surface area contributed by atoms with Crippen molar-refractivity contribution in [1.29, 1.82) is 0 Å². The van der Waals surface area contributed by atoms with Gasteiger partial charge in [-0.2, -0.15) is 0 Å². The van der Waals surface area contributed by atoms with Gasteiger partial charge in [0.15, 0.2) is 0 Å². The SMILES string of the molecule is COc1ccccc1-c1ccc(C(=O)NCc2ccc(CN(CCSc3ccccc3)Cc3ccc(S(N)(=O)=O)cc3)cc2)cc1. The lowest BCUT2D eigenvalue weighted by Crippen LogP contribution is -2.25. The average molecular weight is 652 g/mol. The molecule has 0 saturated carbocycles. The number of primary sulfonamides is 1. The summed E-state index contributed by atoms with van der Waals surface area (Å²) in [6.07, 6.45) is 0. The molecule has 0 fully saturated rings. The first kappa shape index (κ1) is 33.0. The Balaban J connectivity index is 1.18. The number of sulfonamides is 1. The summed E-state index contributed by atoms with van der Waals surface area (Å²) < 4.78 is 28.8. The Hall–Kier alpha value is -4.41. The summed E-state index contributed by atoms with van der Waals surface area (Å²) in [4.78, 5) is 16.5. The van der Waals surface area contributed by atoms with Crippen LogP contribution in [0.2, 0.25) is 0 Å². The van der Waals surface area contributed by atoms with Gasteiger partial charge in [0.2, 0.25) is 10.0 Å². The summed E-state index contributed by atoms with van der Waals surface area (Å²) in [5.74, 6) is 1.56. The summed E-state index contributed by atoms with van der Waals surface area (Å²) in [6, 6.07) is 40.6. The number of carbonyl (C=O) groups excluding carboxylic acids is 1. The third-order valence-electron chi connectivity index (χ3n) is 7.52. The molecule has 0 heterocycles. The number of rotatable bonds is 14. The van der Waals surface area contributed by atoms with Crippen LogP contribution in [-0.4, -0.2) is 38.6 Å². The fraction of sp³-hybridized carbons (Fsp3) is 0.162. The largest absolute Gasteiger partial charge is 0.496 e. The Morgan fingerprint density at radius 1 is 0.761 bits per heavy atom. The van der Waals surface area contributed by atoms with E-state index in [2.05, 4.69) is 34.5 Å². The number of amides is 1. The van der Waals surface area contributed by atoms with E-state index in [-0.39, 0.29) is 10.8 Å². The van der Waals surface area contributed by atoms with Gasteiger partial charge in [-0.05, 0) is 64.7 Å². The number of carbonyl (C=O) groups is 1. The first-order chi connectivity index (χ1) is 22.3. The normalized spacial score (nSPS) is 11.4. The van der Waals surface area contributed by atoms with Gasteiger partial charge >= 0.3 is 0 Å². The molecule has 46 heavy (non-hydrogen) atoms. The number of para-hydroxylation sites is 1. The molecule has 3 N–H and O–H groups in total. The Morgan fingerprint density at radius 3 is 1.98 bits per heavy atom. The number of methoxy groups -OCH3 is 1. The molecule has 7 nitrogen and oxygen atoms in total. The van der Waals surface area contributed by atoms with E-state index in [0.717, 1.165) is 52.4 Å². The maximum absolute atomic E-state index is 12.9. The first-order valence-electron chi connectivity index (χ1n) is 14.9. The molecular weight excluding hydrogens is 615 g/mol. The quantitative estimate of drug-likeness (QED) is 0.129. The van der Waals surface area contributed by atoms with E-state index in [1.54, 1.807) is 31.0 Å². The molecule has 236 valence electrons. The van der Waals surface area contributed by atoms with Crippen LogP contribution in [0, 0.1) is 0 Å². The van der Waals surface area contributed by atoms with Crippen molar-refractivity contribution < 1.29 is 17.9 Å². The summed E-state index contributed by atoms with van der Waals surface area (Å²) in [7, 11) is -2.08. The number of nitrogens with zero attached hydrogens (tertiary/aromatic N) is 1. The van der Waals surface area contributed by atoms with Crippen LogP contribution in [0.3, 0.4) is 0 Å². The zero-order chi connectivity index (χ0) is 32.4. The highest BCUT2D eigenvalue weighted by Crippen LogP contribution is 2.29. The standard InChI is InChI=1S/C37H37N3O4S2/c1-44-36-10-6-5-9-35(36)31-17-19-32(20-18-31)37(41)39-25-28-11-13-29(14-12-28)26-40(23-24-45-33-7-3-2-4-8-33)27-30-15-21-34(22-16-30)46(38,42)43/h2-22H,23-27H2,1H3,(H,39,41)(H2,38,42,43). The number of hydrogen-bond acceptors (Lipinski definition) is 6. The van der Waals surface area contributed by atoms with Crippen LogP contribution in [-0.2, 0) is 29.7 Å². The van der Waals surface area contributed by atoms with Gasteiger partial charge in [0, 0.05) is 48.0 Å². The molecule has 0 bridgehead atoms. The fourth-order valence-electron chi connectivity index (χ4n) is 5.06. The molecule has 0 unspecified atom stereocenters. The van der Waals surface area contributed by atoms with Crippen molar-refractivity contribution in [3.8, 4) is 16.9 Å². The highest BCUT2D eigenvalue weighted by atomic mass is 32.2. The van der Waals surface area contributed by atoms with E-state index >= 15 is 0 Å². The molecule has 0 aliphatic heterocycles. The van der Waals surface area contributed by atoms with Crippen LogP contribution in [0.25, 0.3) is 11.1 Å². The molecule has 0 radical (unpaired) electrons. The Labute approximate surface area is 275 Å². The molecular formula is C37H37N3O4S2. The van der Waals surface area contributed by atoms with E-state index in [4.69, 9.17) is 9.88 Å². The van der Waals surface area contributed by atoms with Crippen molar-refractivity contribution in [2.24, 2.45) is 5.14 Å². The summed E-state index contributed by atoms with van der Waals surface area (Å²) in [5, 5.41) is 8.30. The molecule has 0 aliphatic carbocycles. The molecule has 1 amide bonds. The van der Waals surface area contributed by atoms with Crippen LogP contribution >= 0.6 is 11.8 Å². The molecule has 9 heteroatoms. The maximum atomic E-state index is 12.9. The smallest absolute Gasteiger partial charge is 0.251 e. The van der Waals surface area contributed by atoms with Gasteiger partial charge in [0.25, 0.3) is 5.91 Å². The highest BCUT2D eigenvalue weighted by molar-refractivity contribution is 7.99. The molecule has 0 spiro atoms. The summed E-state index contributed by atoms with van der Waals surface area (Å²) in [5.41, 5.74) is 5.72. The van der Waals surface area contributed by atoms with Gasteiger partial charge in [0.1, 0.15) is 5.75 Å². The highest BCUT2D eigenvalue weighted by Gasteiger charge is 2.12. The van der Waals surface area contributed by atoms with Crippen LogP contribution in [0.1, 0.15) is 27.0 Å². The van der Waals surface area contributed by atoms with Crippen molar-refractivity contribution in [2.45, 2.75) is 29.4 Å². The van der Waals surface area contributed by atoms with Gasteiger partial charge in [-0.3, -0.25) is 9.69 Å². The van der Waals surface area contributed by atoms with Crippen LogP contribution < -0.4 is 15.2 Å². The number of nitrogens with two attached hydrogens (primary N) is 1. The van der Waals surface area contributed by atoms with Gasteiger partial charge in [-0.25, -0.2) is 13.6 Å². The number of hydrogen-bond donors (Lipinski definition) is 2. The second-order valence-electron chi connectivity index (χ2n) is 10.8. The van der Waals surface area contributed by atoms with Crippen molar-refractivity contribution in [1.82, 2.24) is 10.2 Å². The second kappa shape index (κ2) is 15.7. The number of ether oxygens (including phenoxy) is 1. The third-order valence-corrected chi connectivity index (χ3v) is 9.45. The second-order valence-corrected chi connectivity index (χ2v) is 13.6. The molecule has 0 saturated heterocycles. The van der Waals surface area contributed by atoms with Crippen molar-refractivity contribution in [3.63, 3.8) is 0 Å². The van der Waals surface area contributed by atoms with Crippen LogP contribution in [0.15, 0.2) is 137 Å². The molecule has 0 aliphatic rings. The Morgan fingerprint density at radius 2 is 1.35 bits per heavy atom. The van der Waals surface area contributed by atoms with E-state index in [1.165, 1.54) is 4.90 Å². The van der Waals surface area contributed by atoms with Gasteiger partial charge in [-0.1, -0.05) is 84.9 Å². The number of thioether (sulfide) groups is 1.